The van der Waals surface area contributed by atoms with Gasteiger partial charge in [-0.3, -0.25) is 0 Å². The molecule has 4 rings (SSSR count). The van der Waals surface area contributed by atoms with Crippen LogP contribution in [-0.4, -0.2) is 0 Å². The molecule has 0 amide bonds. The van der Waals surface area contributed by atoms with Crippen molar-refractivity contribution in [1.82, 2.24) is 0 Å². The van der Waals surface area contributed by atoms with Crippen molar-refractivity contribution in [3.63, 3.8) is 0 Å². The first-order valence-electron chi connectivity index (χ1n) is 7.93. The largest absolute Gasteiger partial charge is 0.196 e. The molecule has 0 aliphatic heterocycles. The fourth-order valence-electron chi connectivity index (χ4n) is 3.72. The van der Waals surface area contributed by atoms with Crippen LogP contribution in [0.2, 0.25) is 0 Å². The lowest BCUT2D eigenvalue weighted by molar-refractivity contribution is 0.193. The molecule has 0 saturated carbocycles. The van der Waals surface area contributed by atoms with Gasteiger partial charge < -0.3 is 0 Å². The minimum atomic E-state index is -1.75. The van der Waals surface area contributed by atoms with Gasteiger partial charge in [-0.05, 0) is 12.0 Å². The Balaban J connectivity index is 2.28. The second kappa shape index (κ2) is 6.13. The first-order chi connectivity index (χ1) is 12.2. The molecule has 3 aliphatic carbocycles. The summed E-state index contributed by atoms with van der Waals surface area (Å²) in [5.74, 6) is -1.18. The van der Waals surface area contributed by atoms with Gasteiger partial charge in [0, 0.05) is 11.8 Å². The number of hydrogen-bond acceptors (Lipinski definition) is 4. The van der Waals surface area contributed by atoms with E-state index >= 15 is 0 Å². The molecule has 1 aromatic carbocycles. The molecule has 4 heteroatoms. The van der Waals surface area contributed by atoms with E-state index in [0.717, 1.165) is 11.1 Å². The number of rotatable bonds is 1. The lowest BCUT2D eigenvalue weighted by Gasteiger charge is -2.44. The molecule has 0 fully saturated rings. The minimum absolute atomic E-state index is 0.568. The van der Waals surface area contributed by atoms with Crippen LogP contribution in [0.25, 0.3) is 6.08 Å². The molecule has 118 valence electrons. The van der Waals surface area contributed by atoms with Crippen LogP contribution in [0.3, 0.4) is 0 Å². The number of allylic oxidation sites excluding steroid dienone is 5. The van der Waals surface area contributed by atoms with Crippen molar-refractivity contribution in [1.29, 1.82) is 21.0 Å². The summed E-state index contributed by atoms with van der Waals surface area (Å²) in [5.41, 5.74) is -1.69. The summed E-state index contributed by atoms with van der Waals surface area (Å²) in [5, 5.41) is 39.4. The summed E-state index contributed by atoms with van der Waals surface area (Å²) in [6, 6.07) is 17.7. The molecule has 2 bridgehead atoms. The third-order valence-electron chi connectivity index (χ3n) is 5.05. The first kappa shape index (κ1) is 16.3. The van der Waals surface area contributed by atoms with E-state index in [1.54, 1.807) is 12.2 Å². The predicted molar refractivity (Wildman–Crippen MR) is 91.6 cm³/mol. The highest BCUT2D eigenvalue weighted by atomic mass is 14.6. The first-order valence-corrected chi connectivity index (χ1v) is 7.93. The van der Waals surface area contributed by atoms with Gasteiger partial charge in [0.15, 0.2) is 10.8 Å². The molecular formula is C21H14N4. The van der Waals surface area contributed by atoms with Crippen molar-refractivity contribution in [3.8, 4) is 24.3 Å². The topological polar surface area (TPSA) is 95.2 Å². The van der Waals surface area contributed by atoms with Gasteiger partial charge in [-0.25, -0.2) is 0 Å². The van der Waals surface area contributed by atoms with Crippen molar-refractivity contribution >= 4 is 6.08 Å². The number of nitriles is 4. The van der Waals surface area contributed by atoms with E-state index in [4.69, 9.17) is 0 Å². The zero-order valence-electron chi connectivity index (χ0n) is 13.4. The Hall–Kier alpha value is -3.60. The predicted octanol–water partition coefficient (Wildman–Crippen LogP) is 3.90. The monoisotopic (exact) mass is 322 g/mol. The average molecular weight is 322 g/mol. The fraction of sp³-hybridized carbons (Fsp3) is 0.238. The Morgan fingerprint density at radius 3 is 2.08 bits per heavy atom. The van der Waals surface area contributed by atoms with Gasteiger partial charge in [0.05, 0.1) is 24.3 Å². The van der Waals surface area contributed by atoms with Crippen molar-refractivity contribution in [2.75, 3.05) is 0 Å². The molecule has 0 unspecified atom stereocenters. The lowest BCUT2D eigenvalue weighted by Crippen LogP contribution is -2.50. The van der Waals surface area contributed by atoms with E-state index in [9.17, 15) is 21.0 Å². The quantitative estimate of drug-likeness (QED) is 0.732. The Kier molecular flexibility index (Phi) is 3.99. The normalized spacial score (nSPS) is 27.8. The molecular weight excluding hydrogens is 308 g/mol. The van der Waals surface area contributed by atoms with Crippen LogP contribution in [0.15, 0.2) is 60.2 Å². The maximum Gasteiger partial charge on any atom is 0.186 e. The van der Waals surface area contributed by atoms with E-state index in [1.165, 1.54) is 0 Å². The molecule has 0 radical (unpaired) electrons. The van der Waals surface area contributed by atoms with Crippen molar-refractivity contribution in [2.24, 2.45) is 22.7 Å². The minimum Gasteiger partial charge on any atom is -0.196 e. The van der Waals surface area contributed by atoms with Crippen LogP contribution in [0.1, 0.15) is 12.0 Å². The molecule has 25 heavy (non-hydrogen) atoms. The summed E-state index contributed by atoms with van der Waals surface area (Å²) in [6.45, 7) is 0. The number of benzene rings is 1. The maximum absolute atomic E-state index is 9.90. The van der Waals surface area contributed by atoms with E-state index < -0.39 is 22.7 Å². The zero-order chi connectivity index (χ0) is 17.9. The highest BCUT2D eigenvalue weighted by Crippen LogP contribution is 2.57. The molecule has 0 aromatic heterocycles. The van der Waals surface area contributed by atoms with E-state index in [-0.39, 0.29) is 0 Å². The Morgan fingerprint density at radius 1 is 0.840 bits per heavy atom. The number of fused-ring (bicyclic) bond motifs is 3. The second-order valence-electron chi connectivity index (χ2n) is 6.21. The number of hydrogen-bond donors (Lipinski definition) is 0. The molecule has 1 aromatic rings. The van der Waals surface area contributed by atoms with Crippen molar-refractivity contribution < 1.29 is 0 Å². The molecule has 2 atom stereocenters. The van der Waals surface area contributed by atoms with Crippen molar-refractivity contribution in [2.45, 2.75) is 6.42 Å². The van der Waals surface area contributed by atoms with Gasteiger partial charge in [0.1, 0.15) is 0 Å². The Labute approximate surface area is 146 Å². The third kappa shape index (κ3) is 2.17. The van der Waals surface area contributed by atoms with Crippen LogP contribution in [0, 0.1) is 68.0 Å². The maximum atomic E-state index is 9.90. The molecule has 0 spiro atoms. The zero-order valence-corrected chi connectivity index (χ0v) is 13.4. The number of nitrogens with zero attached hydrogens (tertiary/aromatic N) is 4. The van der Waals surface area contributed by atoms with Crippen molar-refractivity contribution in [3.05, 3.63) is 65.8 Å². The van der Waals surface area contributed by atoms with Gasteiger partial charge in [-0.1, -0.05) is 66.3 Å². The molecule has 3 aliphatic rings. The molecule has 4 nitrogen and oxygen atoms in total. The highest BCUT2D eigenvalue weighted by Gasteiger charge is 2.64. The summed E-state index contributed by atoms with van der Waals surface area (Å²) < 4.78 is 0. The highest BCUT2D eigenvalue weighted by molar-refractivity contribution is 5.58. The SMILES string of the molecule is N#CC1(C#N)[C@@H]2C=C[C@@H](/C=C\C/C2=C\c2ccccc2)C1(C#N)C#N. The molecule has 0 heterocycles. The van der Waals surface area contributed by atoms with Crippen LogP contribution in [0.4, 0.5) is 0 Å². The Bertz CT molecular complexity index is 911. The lowest BCUT2D eigenvalue weighted by atomic mass is 9.50. The summed E-state index contributed by atoms with van der Waals surface area (Å²) in [7, 11) is 0. The van der Waals surface area contributed by atoms with Gasteiger partial charge in [-0.15, -0.1) is 0 Å². The van der Waals surface area contributed by atoms with Gasteiger partial charge in [0.25, 0.3) is 0 Å². The summed E-state index contributed by atoms with van der Waals surface area (Å²) in [6.07, 6.45) is 9.77. The molecule has 0 N–H and O–H groups in total. The van der Waals surface area contributed by atoms with Gasteiger partial charge >= 0.3 is 0 Å². The average Bonchev–Trinajstić information content (AvgIpc) is 2.65. The van der Waals surface area contributed by atoms with Crippen LogP contribution in [0.5, 0.6) is 0 Å². The second-order valence-corrected chi connectivity index (χ2v) is 6.21. The smallest absolute Gasteiger partial charge is 0.186 e. The van der Waals surface area contributed by atoms with E-state index in [0.29, 0.717) is 6.42 Å². The summed E-state index contributed by atoms with van der Waals surface area (Å²) >= 11 is 0. The van der Waals surface area contributed by atoms with Crippen LogP contribution in [-0.2, 0) is 0 Å². The summed E-state index contributed by atoms with van der Waals surface area (Å²) in [4.78, 5) is 0. The van der Waals surface area contributed by atoms with E-state index in [1.807, 2.05) is 72.8 Å². The Morgan fingerprint density at radius 2 is 1.48 bits per heavy atom. The molecule has 0 saturated heterocycles. The fourth-order valence-corrected chi connectivity index (χ4v) is 3.72. The standard InChI is InChI=1S/C21H14N4/c22-12-20(13-23)18-8-4-7-17(11-16-5-2-1-3-6-16)19(10-9-18)21(20,14-24)15-25/h1-6,8-11,18-19H,7H2/b8-4-,17-11+/t18-,19-/m1/s1. The van der Waals surface area contributed by atoms with E-state index in [2.05, 4.69) is 0 Å². The van der Waals surface area contributed by atoms with Gasteiger partial charge in [0.2, 0.25) is 0 Å². The third-order valence-corrected chi connectivity index (χ3v) is 5.05. The van der Waals surface area contributed by atoms with Crippen LogP contribution >= 0.6 is 0 Å². The van der Waals surface area contributed by atoms with Gasteiger partial charge in [-0.2, -0.15) is 21.0 Å². The van der Waals surface area contributed by atoms with Crippen LogP contribution < -0.4 is 0 Å².